The molecule has 0 bridgehead atoms. The second-order valence-corrected chi connectivity index (χ2v) is 3.85. The van der Waals surface area contributed by atoms with E-state index in [1.54, 1.807) is 19.1 Å². The monoisotopic (exact) mass is 251 g/mol. The van der Waals surface area contributed by atoms with Gasteiger partial charge in [0.2, 0.25) is 6.04 Å². The van der Waals surface area contributed by atoms with Crippen molar-refractivity contribution in [3.05, 3.63) is 29.8 Å². The number of anilines is 1. The topological polar surface area (TPSA) is 77.8 Å². The molecule has 0 spiro atoms. The molecule has 0 aliphatic carbocycles. The van der Waals surface area contributed by atoms with E-state index >= 15 is 0 Å². The number of aliphatic carboxylic acids is 2. The third-order valence-electron chi connectivity index (χ3n) is 2.80. The highest BCUT2D eigenvalue weighted by Gasteiger charge is 2.32. The molecular weight excluding hydrogens is 234 g/mol. The zero-order chi connectivity index (χ0) is 13.7. The van der Waals surface area contributed by atoms with Gasteiger partial charge >= 0.3 is 11.9 Å². The van der Waals surface area contributed by atoms with E-state index in [-0.39, 0.29) is 0 Å². The maximum atomic E-state index is 11.1. The van der Waals surface area contributed by atoms with E-state index < -0.39 is 18.0 Å². The number of hydrogen-bond acceptors (Lipinski definition) is 3. The molecule has 98 valence electrons. The fourth-order valence-corrected chi connectivity index (χ4v) is 1.95. The van der Waals surface area contributed by atoms with Crippen LogP contribution in [0, 0.1) is 0 Å². The SMILES string of the molecule is CCc1ccccc1N(CC)C(C(=O)O)C(=O)O. The van der Waals surface area contributed by atoms with Crippen molar-refractivity contribution in [3.8, 4) is 0 Å². The summed E-state index contributed by atoms with van der Waals surface area (Å²) in [7, 11) is 0. The van der Waals surface area contributed by atoms with Crippen molar-refractivity contribution < 1.29 is 19.8 Å². The van der Waals surface area contributed by atoms with Gasteiger partial charge in [-0.1, -0.05) is 25.1 Å². The van der Waals surface area contributed by atoms with Crippen molar-refractivity contribution in [2.45, 2.75) is 26.3 Å². The summed E-state index contributed by atoms with van der Waals surface area (Å²) in [4.78, 5) is 23.6. The predicted molar refractivity (Wildman–Crippen MR) is 67.9 cm³/mol. The smallest absolute Gasteiger partial charge is 0.338 e. The molecular formula is C13H17NO4. The van der Waals surface area contributed by atoms with Crippen LogP contribution in [0.3, 0.4) is 0 Å². The van der Waals surface area contributed by atoms with E-state index in [1.165, 1.54) is 4.90 Å². The van der Waals surface area contributed by atoms with E-state index in [4.69, 9.17) is 10.2 Å². The Hall–Kier alpha value is -2.04. The van der Waals surface area contributed by atoms with Gasteiger partial charge in [-0.2, -0.15) is 0 Å². The van der Waals surface area contributed by atoms with Crippen LogP contribution in [0.4, 0.5) is 5.69 Å². The van der Waals surface area contributed by atoms with Gasteiger partial charge in [0.25, 0.3) is 0 Å². The molecule has 1 aromatic rings. The van der Waals surface area contributed by atoms with Crippen molar-refractivity contribution in [1.82, 2.24) is 0 Å². The second kappa shape index (κ2) is 6.05. The van der Waals surface area contributed by atoms with Gasteiger partial charge in [-0.05, 0) is 25.0 Å². The molecule has 1 rings (SSSR count). The Morgan fingerprint density at radius 2 is 1.72 bits per heavy atom. The molecule has 0 amide bonds. The number of benzene rings is 1. The number of carboxylic acid groups (broad SMARTS) is 2. The molecule has 0 unspecified atom stereocenters. The fraction of sp³-hybridized carbons (Fsp3) is 0.385. The number of nitrogens with zero attached hydrogens (tertiary/aromatic N) is 1. The van der Waals surface area contributed by atoms with Crippen LogP contribution >= 0.6 is 0 Å². The molecule has 0 atom stereocenters. The van der Waals surface area contributed by atoms with Crippen LogP contribution in [0.25, 0.3) is 0 Å². The molecule has 18 heavy (non-hydrogen) atoms. The van der Waals surface area contributed by atoms with Crippen molar-refractivity contribution in [3.63, 3.8) is 0 Å². The van der Waals surface area contributed by atoms with E-state index in [0.717, 1.165) is 12.0 Å². The van der Waals surface area contributed by atoms with Crippen LogP contribution in [-0.2, 0) is 16.0 Å². The molecule has 0 aliphatic rings. The highest BCUT2D eigenvalue weighted by molar-refractivity contribution is 6.01. The molecule has 0 saturated carbocycles. The van der Waals surface area contributed by atoms with Crippen molar-refractivity contribution in [1.29, 1.82) is 0 Å². The van der Waals surface area contributed by atoms with Crippen LogP contribution in [0.1, 0.15) is 19.4 Å². The first-order valence-corrected chi connectivity index (χ1v) is 5.83. The first-order valence-electron chi connectivity index (χ1n) is 5.83. The third-order valence-corrected chi connectivity index (χ3v) is 2.80. The minimum Gasteiger partial charge on any atom is -0.479 e. The highest BCUT2D eigenvalue weighted by atomic mass is 16.4. The van der Waals surface area contributed by atoms with Gasteiger partial charge in [-0.15, -0.1) is 0 Å². The van der Waals surface area contributed by atoms with E-state index in [2.05, 4.69) is 0 Å². The molecule has 0 aliphatic heterocycles. The minimum absolute atomic E-state index is 0.320. The van der Waals surface area contributed by atoms with Crippen LogP contribution in [0.5, 0.6) is 0 Å². The molecule has 5 heteroatoms. The quantitative estimate of drug-likeness (QED) is 0.751. The van der Waals surface area contributed by atoms with Gasteiger partial charge in [0.15, 0.2) is 0 Å². The fourth-order valence-electron chi connectivity index (χ4n) is 1.95. The van der Waals surface area contributed by atoms with E-state index in [0.29, 0.717) is 12.2 Å². The Morgan fingerprint density at radius 3 is 2.17 bits per heavy atom. The van der Waals surface area contributed by atoms with Gasteiger partial charge in [-0.25, -0.2) is 9.59 Å². The summed E-state index contributed by atoms with van der Waals surface area (Å²) >= 11 is 0. The second-order valence-electron chi connectivity index (χ2n) is 3.85. The molecule has 0 fully saturated rings. The van der Waals surface area contributed by atoms with Crippen LogP contribution in [0.2, 0.25) is 0 Å². The van der Waals surface area contributed by atoms with Crippen molar-refractivity contribution >= 4 is 17.6 Å². The van der Waals surface area contributed by atoms with E-state index in [9.17, 15) is 9.59 Å². The largest absolute Gasteiger partial charge is 0.479 e. The molecule has 5 nitrogen and oxygen atoms in total. The Labute approximate surface area is 106 Å². The normalized spacial score (nSPS) is 10.4. The first-order chi connectivity index (χ1) is 8.52. The molecule has 0 aromatic heterocycles. The number of likely N-dealkylation sites (N-methyl/N-ethyl adjacent to an activating group) is 1. The lowest BCUT2D eigenvalue weighted by Gasteiger charge is -2.28. The molecule has 0 heterocycles. The van der Waals surface area contributed by atoms with Gasteiger partial charge in [0.1, 0.15) is 0 Å². The van der Waals surface area contributed by atoms with Crippen LogP contribution < -0.4 is 4.90 Å². The van der Waals surface area contributed by atoms with E-state index in [1.807, 2.05) is 19.1 Å². The standard InChI is InChI=1S/C13H17NO4/c1-3-9-7-5-6-8-10(9)14(4-2)11(12(15)16)13(17)18/h5-8,11H,3-4H2,1-2H3,(H,15,16)(H,17,18). The summed E-state index contributed by atoms with van der Waals surface area (Å²) in [6.45, 7) is 4.01. The number of aryl methyl sites for hydroxylation is 1. The summed E-state index contributed by atoms with van der Waals surface area (Å²) in [5.74, 6) is -2.70. The number of hydrogen-bond donors (Lipinski definition) is 2. The van der Waals surface area contributed by atoms with Crippen LogP contribution in [0.15, 0.2) is 24.3 Å². The predicted octanol–water partition coefficient (Wildman–Crippen LogP) is 1.61. The minimum atomic E-state index is -1.55. The zero-order valence-electron chi connectivity index (χ0n) is 10.5. The van der Waals surface area contributed by atoms with Gasteiger partial charge in [0.05, 0.1) is 0 Å². The summed E-state index contributed by atoms with van der Waals surface area (Å²) in [5, 5.41) is 18.1. The van der Waals surface area contributed by atoms with Crippen LogP contribution in [-0.4, -0.2) is 34.7 Å². The summed E-state index contributed by atoms with van der Waals surface area (Å²) in [5.41, 5.74) is 1.60. The molecule has 0 radical (unpaired) electrons. The van der Waals surface area contributed by atoms with Gasteiger partial charge in [0, 0.05) is 12.2 Å². The van der Waals surface area contributed by atoms with Crippen molar-refractivity contribution in [2.24, 2.45) is 0 Å². The summed E-state index contributed by atoms with van der Waals surface area (Å²) < 4.78 is 0. The lowest BCUT2D eigenvalue weighted by atomic mass is 10.1. The number of carboxylic acids is 2. The highest BCUT2D eigenvalue weighted by Crippen LogP contribution is 2.23. The number of rotatable bonds is 6. The Kier molecular flexibility index (Phi) is 4.71. The first kappa shape index (κ1) is 14.0. The summed E-state index contributed by atoms with van der Waals surface area (Å²) in [6.07, 6.45) is 0.721. The maximum absolute atomic E-state index is 11.1. The number of para-hydroxylation sites is 1. The zero-order valence-corrected chi connectivity index (χ0v) is 10.5. The molecule has 0 saturated heterocycles. The van der Waals surface area contributed by atoms with Crippen molar-refractivity contribution in [2.75, 3.05) is 11.4 Å². The average Bonchev–Trinajstić information content (AvgIpc) is 2.34. The Morgan fingerprint density at radius 1 is 1.17 bits per heavy atom. The molecule has 1 aromatic carbocycles. The third kappa shape index (κ3) is 2.80. The van der Waals surface area contributed by atoms with Gasteiger partial charge in [-0.3, -0.25) is 0 Å². The Balaban J connectivity index is 3.23. The average molecular weight is 251 g/mol. The summed E-state index contributed by atoms with van der Waals surface area (Å²) in [6, 6.07) is 5.70. The Bertz CT molecular complexity index is 430. The lowest BCUT2D eigenvalue weighted by Crippen LogP contribution is -2.47. The van der Waals surface area contributed by atoms with Gasteiger partial charge < -0.3 is 15.1 Å². The molecule has 2 N–H and O–H groups in total. The maximum Gasteiger partial charge on any atom is 0.338 e. The number of carbonyl (C=O) groups is 2. The lowest BCUT2D eigenvalue weighted by molar-refractivity contribution is -0.149.